The summed E-state index contributed by atoms with van der Waals surface area (Å²) in [6, 6.07) is 11.3. The van der Waals surface area contributed by atoms with Crippen molar-refractivity contribution in [1.82, 2.24) is 9.97 Å². The second-order valence-electron chi connectivity index (χ2n) is 4.06. The van der Waals surface area contributed by atoms with Gasteiger partial charge in [-0.15, -0.1) is 0 Å². The summed E-state index contributed by atoms with van der Waals surface area (Å²) in [7, 11) is 3.49. The average Bonchev–Trinajstić information content (AvgIpc) is 2.46. The zero-order valence-corrected chi connectivity index (χ0v) is 11.1. The van der Waals surface area contributed by atoms with Crippen LogP contribution in [0.15, 0.2) is 30.3 Å². The maximum absolute atomic E-state index is 8.93. The second-order valence-corrected chi connectivity index (χ2v) is 4.06. The molecule has 0 unspecified atom stereocenters. The fourth-order valence-electron chi connectivity index (χ4n) is 1.68. The molecule has 2 rings (SSSR count). The molecule has 19 heavy (non-hydrogen) atoms. The molecule has 5 heteroatoms. The van der Waals surface area contributed by atoms with Gasteiger partial charge in [0.25, 0.3) is 0 Å². The first-order valence-electron chi connectivity index (χ1n) is 5.77. The van der Waals surface area contributed by atoms with Gasteiger partial charge in [0.2, 0.25) is 5.95 Å². The highest BCUT2D eigenvalue weighted by Crippen LogP contribution is 2.23. The summed E-state index contributed by atoms with van der Waals surface area (Å²) in [5.74, 6) is 1.29. The number of nitrogens with zero attached hydrogens (tertiary/aromatic N) is 4. The number of rotatable bonds is 3. The van der Waals surface area contributed by atoms with Crippen LogP contribution in [0.3, 0.4) is 0 Å². The van der Waals surface area contributed by atoms with Crippen LogP contribution in [0.25, 0.3) is 0 Å². The van der Waals surface area contributed by atoms with Crippen molar-refractivity contribution in [3.63, 3.8) is 0 Å². The highest BCUT2D eigenvalue weighted by molar-refractivity contribution is 5.57. The molecular formula is C14H14N4O. The first kappa shape index (κ1) is 12.8. The first-order chi connectivity index (χ1) is 9.13. The summed E-state index contributed by atoms with van der Waals surface area (Å²) in [6.07, 6.45) is 0. The molecule has 0 saturated carbocycles. The van der Waals surface area contributed by atoms with Gasteiger partial charge in [-0.3, -0.25) is 0 Å². The second kappa shape index (κ2) is 5.36. The number of methoxy groups -OCH3 is 1. The minimum atomic E-state index is 0.364. The van der Waals surface area contributed by atoms with Crippen LogP contribution in [0, 0.1) is 18.3 Å². The van der Waals surface area contributed by atoms with E-state index in [2.05, 4.69) is 9.97 Å². The van der Waals surface area contributed by atoms with Crippen molar-refractivity contribution in [3.05, 3.63) is 41.7 Å². The Morgan fingerprint density at radius 3 is 2.47 bits per heavy atom. The summed E-state index contributed by atoms with van der Waals surface area (Å²) in [4.78, 5) is 10.4. The standard InChI is InChI=1S/C14H14N4O/c1-10-8-11(9-15)17-14(16-10)18(2)12-4-6-13(19-3)7-5-12/h4-8H,1-3H3. The van der Waals surface area contributed by atoms with Gasteiger partial charge in [0, 0.05) is 18.4 Å². The summed E-state index contributed by atoms with van der Waals surface area (Å²) >= 11 is 0. The molecule has 96 valence electrons. The Labute approximate surface area is 112 Å². The number of anilines is 2. The van der Waals surface area contributed by atoms with Crippen molar-refractivity contribution in [2.75, 3.05) is 19.1 Å². The van der Waals surface area contributed by atoms with Gasteiger partial charge in [-0.25, -0.2) is 9.97 Å². The van der Waals surface area contributed by atoms with Gasteiger partial charge in [0.05, 0.1) is 7.11 Å². The van der Waals surface area contributed by atoms with Gasteiger partial charge in [0.1, 0.15) is 17.5 Å². The van der Waals surface area contributed by atoms with Crippen LogP contribution in [0.2, 0.25) is 0 Å². The topological polar surface area (TPSA) is 62.0 Å². The molecule has 0 aliphatic rings. The van der Waals surface area contributed by atoms with Crippen LogP contribution in [0.1, 0.15) is 11.4 Å². The van der Waals surface area contributed by atoms with Gasteiger partial charge in [-0.2, -0.15) is 5.26 Å². The lowest BCUT2D eigenvalue weighted by Crippen LogP contribution is -2.14. The number of hydrogen-bond acceptors (Lipinski definition) is 5. The number of hydrogen-bond donors (Lipinski definition) is 0. The van der Waals surface area contributed by atoms with Gasteiger partial charge in [0.15, 0.2) is 0 Å². The van der Waals surface area contributed by atoms with E-state index < -0.39 is 0 Å². The number of aromatic nitrogens is 2. The van der Waals surface area contributed by atoms with Gasteiger partial charge < -0.3 is 9.64 Å². The molecule has 0 aliphatic carbocycles. The number of aryl methyl sites for hydroxylation is 1. The molecule has 0 N–H and O–H groups in total. The number of ether oxygens (including phenoxy) is 1. The molecule has 1 aromatic carbocycles. The molecule has 0 amide bonds. The molecule has 1 aromatic heterocycles. The minimum absolute atomic E-state index is 0.364. The predicted molar refractivity (Wildman–Crippen MR) is 72.5 cm³/mol. The highest BCUT2D eigenvalue weighted by atomic mass is 16.5. The third-order valence-corrected chi connectivity index (χ3v) is 2.72. The molecule has 2 aromatic rings. The monoisotopic (exact) mass is 254 g/mol. The Kier molecular flexibility index (Phi) is 3.62. The van der Waals surface area contributed by atoms with Crippen LogP contribution < -0.4 is 9.64 Å². The van der Waals surface area contributed by atoms with E-state index in [0.717, 1.165) is 17.1 Å². The Bertz CT molecular complexity index is 616. The normalized spacial score (nSPS) is 9.79. The molecule has 0 saturated heterocycles. The summed E-state index contributed by atoms with van der Waals surface area (Å²) < 4.78 is 5.12. The maximum atomic E-state index is 8.93. The van der Waals surface area contributed by atoms with Crippen LogP contribution in [-0.4, -0.2) is 24.1 Å². The fraction of sp³-hybridized carbons (Fsp3) is 0.214. The average molecular weight is 254 g/mol. The SMILES string of the molecule is COc1ccc(N(C)c2nc(C)cc(C#N)n2)cc1. The number of nitriles is 1. The third-order valence-electron chi connectivity index (χ3n) is 2.72. The van der Waals surface area contributed by atoms with E-state index in [0.29, 0.717) is 11.6 Å². The molecule has 0 atom stereocenters. The molecule has 0 aliphatic heterocycles. The quantitative estimate of drug-likeness (QED) is 0.841. The Morgan fingerprint density at radius 2 is 1.89 bits per heavy atom. The van der Waals surface area contributed by atoms with Crippen LogP contribution in [0.5, 0.6) is 5.75 Å². The molecule has 1 heterocycles. The van der Waals surface area contributed by atoms with E-state index in [-0.39, 0.29) is 0 Å². The summed E-state index contributed by atoms with van der Waals surface area (Å²) in [5, 5.41) is 8.93. The van der Waals surface area contributed by atoms with Crippen molar-refractivity contribution in [2.45, 2.75) is 6.92 Å². The van der Waals surface area contributed by atoms with Crippen molar-refractivity contribution in [3.8, 4) is 11.8 Å². The van der Waals surface area contributed by atoms with Gasteiger partial charge in [-0.1, -0.05) is 0 Å². The predicted octanol–water partition coefficient (Wildman–Crippen LogP) is 2.43. The van der Waals surface area contributed by atoms with Crippen molar-refractivity contribution >= 4 is 11.6 Å². The lowest BCUT2D eigenvalue weighted by Gasteiger charge is -2.17. The zero-order valence-electron chi connectivity index (χ0n) is 11.1. The lowest BCUT2D eigenvalue weighted by molar-refractivity contribution is 0.415. The van der Waals surface area contributed by atoms with E-state index >= 15 is 0 Å². The zero-order chi connectivity index (χ0) is 13.8. The third kappa shape index (κ3) is 2.80. The van der Waals surface area contributed by atoms with Crippen molar-refractivity contribution in [2.24, 2.45) is 0 Å². The first-order valence-corrected chi connectivity index (χ1v) is 5.77. The smallest absolute Gasteiger partial charge is 0.231 e. The van der Waals surface area contributed by atoms with E-state index in [4.69, 9.17) is 10.00 Å². The minimum Gasteiger partial charge on any atom is -0.497 e. The largest absolute Gasteiger partial charge is 0.497 e. The molecule has 0 spiro atoms. The van der Waals surface area contributed by atoms with Gasteiger partial charge in [-0.05, 0) is 37.3 Å². The van der Waals surface area contributed by atoms with E-state index in [1.54, 1.807) is 13.2 Å². The maximum Gasteiger partial charge on any atom is 0.231 e. The molecule has 0 fully saturated rings. The van der Waals surface area contributed by atoms with E-state index in [1.165, 1.54) is 0 Å². The Hall–Kier alpha value is -2.61. The Balaban J connectivity index is 2.35. The molecule has 5 nitrogen and oxygen atoms in total. The fourth-order valence-corrected chi connectivity index (χ4v) is 1.68. The Morgan fingerprint density at radius 1 is 1.21 bits per heavy atom. The van der Waals surface area contributed by atoms with Crippen LogP contribution in [-0.2, 0) is 0 Å². The summed E-state index contributed by atoms with van der Waals surface area (Å²) in [5.41, 5.74) is 2.06. The van der Waals surface area contributed by atoms with E-state index in [1.807, 2.05) is 49.2 Å². The van der Waals surface area contributed by atoms with Crippen LogP contribution in [0.4, 0.5) is 11.6 Å². The molecule has 0 radical (unpaired) electrons. The van der Waals surface area contributed by atoms with E-state index in [9.17, 15) is 0 Å². The highest BCUT2D eigenvalue weighted by Gasteiger charge is 2.09. The van der Waals surface area contributed by atoms with Crippen molar-refractivity contribution < 1.29 is 4.74 Å². The lowest BCUT2D eigenvalue weighted by atomic mass is 10.3. The van der Waals surface area contributed by atoms with Gasteiger partial charge >= 0.3 is 0 Å². The van der Waals surface area contributed by atoms with Crippen LogP contribution >= 0.6 is 0 Å². The molecular weight excluding hydrogens is 240 g/mol. The number of benzene rings is 1. The molecule has 0 bridgehead atoms. The van der Waals surface area contributed by atoms with Crippen molar-refractivity contribution in [1.29, 1.82) is 5.26 Å². The summed E-state index contributed by atoms with van der Waals surface area (Å²) in [6.45, 7) is 1.84.